The van der Waals surface area contributed by atoms with Crippen molar-refractivity contribution in [3.8, 4) is 11.5 Å². The molecule has 0 spiro atoms. The summed E-state index contributed by atoms with van der Waals surface area (Å²) < 4.78 is 5.37. The lowest BCUT2D eigenvalue weighted by atomic mass is 10.1. The molecule has 0 radical (unpaired) electrons. The van der Waals surface area contributed by atoms with Crippen LogP contribution in [0.15, 0.2) is 42.5 Å². The van der Waals surface area contributed by atoms with Crippen LogP contribution in [0, 0.1) is 0 Å². The molecule has 0 aliphatic heterocycles. The van der Waals surface area contributed by atoms with Gasteiger partial charge in [-0.25, -0.2) is 4.79 Å². The first kappa shape index (κ1) is 18.9. The van der Waals surface area contributed by atoms with Crippen molar-refractivity contribution >= 4 is 23.3 Å². The Hall–Kier alpha value is -2.40. The standard InChI is InChI=1S/C19H23ClN2O3/c1-3-25-18-11-8-15(12-17(18)20)22-19(24)21-13(2)4-5-14-6-9-16(23)10-7-14/h6-13,23H,3-5H2,1-2H3,(H2,21,22,24). The first-order chi connectivity index (χ1) is 12.0. The van der Waals surface area contributed by atoms with Crippen LogP contribution in [0.5, 0.6) is 11.5 Å². The van der Waals surface area contributed by atoms with E-state index in [1.165, 1.54) is 0 Å². The molecule has 2 rings (SSSR count). The Kier molecular flexibility index (Phi) is 6.95. The summed E-state index contributed by atoms with van der Waals surface area (Å²) in [6.45, 7) is 4.37. The summed E-state index contributed by atoms with van der Waals surface area (Å²) in [5.74, 6) is 0.848. The molecule has 2 aromatic rings. The average Bonchev–Trinajstić information content (AvgIpc) is 2.57. The van der Waals surface area contributed by atoms with Crippen molar-refractivity contribution in [1.29, 1.82) is 0 Å². The van der Waals surface area contributed by atoms with Gasteiger partial charge >= 0.3 is 6.03 Å². The molecule has 1 atom stereocenters. The number of rotatable bonds is 7. The molecule has 1 unspecified atom stereocenters. The van der Waals surface area contributed by atoms with Gasteiger partial charge in [-0.15, -0.1) is 0 Å². The van der Waals surface area contributed by atoms with Crippen LogP contribution in [-0.4, -0.2) is 23.8 Å². The molecule has 0 heterocycles. The lowest BCUT2D eigenvalue weighted by molar-refractivity contribution is 0.248. The van der Waals surface area contributed by atoms with Crippen LogP contribution in [0.2, 0.25) is 5.02 Å². The van der Waals surface area contributed by atoms with Gasteiger partial charge in [-0.1, -0.05) is 23.7 Å². The van der Waals surface area contributed by atoms with E-state index in [9.17, 15) is 9.90 Å². The zero-order valence-electron chi connectivity index (χ0n) is 14.4. The number of hydrogen-bond donors (Lipinski definition) is 3. The Morgan fingerprint density at radius 3 is 2.60 bits per heavy atom. The summed E-state index contributed by atoms with van der Waals surface area (Å²) in [6.07, 6.45) is 1.61. The number of benzene rings is 2. The van der Waals surface area contributed by atoms with Crippen molar-refractivity contribution < 1.29 is 14.6 Å². The topological polar surface area (TPSA) is 70.6 Å². The SMILES string of the molecule is CCOc1ccc(NC(=O)NC(C)CCc2ccc(O)cc2)cc1Cl. The molecule has 0 saturated carbocycles. The smallest absolute Gasteiger partial charge is 0.319 e. The highest BCUT2D eigenvalue weighted by molar-refractivity contribution is 6.32. The van der Waals surface area contributed by atoms with Crippen LogP contribution in [0.1, 0.15) is 25.8 Å². The molecular weight excluding hydrogens is 340 g/mol. The number of phenolic OH excluding ortho intramolecular Hbond substituents is 1. The second-order valence-electron chi connectivity index (χ2n) is 5.78. The fourth-order valence-corrected chi connectivity index (χ4v) is 2.60. The first-order valence-corrected chi connectivity index (χ1v) is 8.63. The number of hydrogen-bond acceptors (Lipinski definition) is 3. The molecule has 134 valence electrons. The minimum Gasteiger partial charge on any atom is -0.508 e. The number of anilines is 1. The molecule has 5 nitrogen and oxygen atoms in total. The summed E-state index contributed by atoms with van der Waals surface area (Å²) in [6, 6.07) is 11.9. The van der Waals surface area contributed by atoms with Crippen LogP contribution in [0.4, 0.5) is 10.5 Å². The number of aryl methyl sites for hydroxylation is 1. The molecule has 3 N–H and O–H groups in total. The molecule has 0 aliphatic rings. The average molecular weight is 363 g/mol. The maximum Gasteiger partial charge on any atom is 0.319 e. The Bertz CT molecular complexity index is 704. The van der Waals surface area contributed by atoms with Crippen molar-refractivity contribution in [3.05, 3.63) is 53.1 Å². The third-order valence-electron chi connectivity index (χ3n) is 3.67. The van der Waals surface area contributed by atoms with Gasteiger partial charge in [0.05, 0.1) is 11.6 Å². The van der Waals surface area contributed by atoms with Crippen molar-refractivity contribution in [2.45, 2.75) is 32.7 Å². The molecule has 0 saturated heterocycles. The van der Waals surface area contributed by atoms with Crippen LogP contribution in [0.3, 0.4) is 0 Å². The molecule has 0 bridgehead atoms. The summed E-state index contributed by atoms with van der Waals surface area (Å²) in [5.41, 5.74) is 1.72. The van der Waals surface area contributed by atoms with Crippen LogP contribution < -0.4 is 15.4 Å². The fraction of sp³-hybridized carbons (Fsp3) is 0.316. The van der Waals surface area contributed by atoms with Gasteiger partial charge in [0, 0.05) is 11.7 Å². The van der Waals surface area contributed by atoms with Gasteiger partial charge in [-0.3, -0.25) is 0 Å². The number of nitrogens with one attached hydrogen (secondary N) is 2. The number of phenols is 1. The number of amides is 2. The predicted molar refractivity (Wildman–Crippen MR) is 101 cm³/mol. The minimum absolute atomic E-state index is 0.00646. The molecule has 25 heavy (non-hydrogen) atoms. The van der Waals surface area contributed by atoms with Gasteiger partial charge in [0.1, 0.15) is 11.5 Å². The third-order valence-corrected chi connectivity index (χ3v) is 3.96. The van der Waals surface area contributed by atoms with E-state index in [0.717, 1.165) is 18.4 Å². The van der Waals surface area contributed by atoms with E-state index in [4.69, 9.17) is 16.3 Å². The Balaban J connectivity index is 1.80. The maximum absolute atomic E-state index is 12.1. The van der Waals surface area contributed by atoms with E-state index in [0.29, 0.717) is 23.1 Å². The van der Waals surface area contributed by atoms with Crippen molar-refractivity contribution in [2.75, 3.05) is 11.9 Å². The predicted octanol–water partition coefficient (Wildman–Crippen LogP) is 4.59. The highest BCUT2D eigenvalue weighted by Gasteiger charge is 2.09. The molecule has 0 fully saturated rings. The van der Waals surface area contributed by atoms with E-state index in [1.54, 1.807) is 30.3 Å². The minimum atomic E-state index is -0.279. The number of carbonyl (C=O) groups excluding carboxylic acids is 1. The van der Waals surface area contributed by atoms with E-state index in [-0.39, 0.29) is 17.8 Å². The van der Waals surface area contributed by atoms with Crippen LogP contribution in [-0.2, 0) is 6.42 Å². The summed E-state index contributed by atoms with van der Waals surface area (Å²) >= 11 is 6.11. The Morgan fingerprint density at radius 2 is 1.96 bits per heavy atom. The van der Waals surface area contributed by atoms with Gasteiger partial charge in [0.25, 0.3) is 0 Å². The molecule has 6 heteroatoms. The largest absolute Gasteiger partial charge is 0.508 e. The van der Waals surface area contributed by atoms with Crippen LogP contribution in [0.25, 0.3) is 0 Å². The number of urea groups is 1. The Morgan fingerprint density at radius 1 is 1.24 bits per heavy atom. The zero-order chi connectivity index (χ0) is 18.2. The van der Waals surface area contributed by atoms with Gasteiger partial charge in [-0.05, 0) is 62.6 Å². The normalized spacial score (nSPS) is 11.6. The number of carbonyl (C=O) groups is 1. The van der Waals surface area contributed by atoms with Gasteiger partial charge in [-0.2, -0.15) is 0 Å². The molecule has 2 aromatic carbocycles. The molecule has 0 aromatic heterocycles. The Labute approximate surface area is 153 Å². The van der Waals surface area contributed by atoms with Crippen molar-refractivity contribution in [2.24, 2.45) is 0 Å². The van der Waals surface area contributed by atoms with E-state index < -0.39 is 0 Å². The number of aromatic hydroxyl groups is 1. The van der Waals surface area contributed by atoms with Crippen LogP contribution >= 0.6 is 11.6 Å². The number of ether oxygens (including phenoxy) is 1. The zero-order valence-corrected chi connectivity index (χ0v) is 15.1. The lowest BCUT2D eigenvalue weighted by Crippen LogP contribution is -2.36. The molecule has 0 aliphatic carbocycles. The third kappa shape index (κ3) is 6.19. The first-order valence-electron chi connectivity index (χ1n) is 8.25. The van der Waals surface area contributed by atoms with Crippen molar-refractivity contribution in [1.82, 2.24) is 5.32 Å². The second-order valence-corrected chi connectivity index (χ2v) is 6.19. The fourth-order valence-electron chi connectivity index (χ4n) is 2.36. The maximum atomic E-state index is 12.1. The highest BCUT2D eigenvalue weighted by Crippen LogP contribution is 2.27. The quantitative estimate of drug-likeness (QED) is 0.674. The van der Waals surface area contributed by atoms with E-state index >= 15 is 0 Å². The van der Waals surface area contributed by atoms with Crippen molar-refractivity contribution in [3.63, 3.8) is 0 Å². The summed E-state index contributed by atoms with van der Waals surface area (Å²) in [4.78, 5) is 12.1. The van der Waals surface area contributed by atoms with Gasteiger partial charge in [0.2, 0.25) is 0 Å². The van der Waals surface area contributed by atoms with Gasteiger partial charge in [0.15, 0.2) is 0 Å². The highest BCUT2D eigenvalue weighted by atomic mass is 35.5. The molecular formula is C19H23ClN2O3. The summed E-state index contributed by atoms with van der Waals surface area (Å²) in [7, 11) is 0. The summed E-state index contributed by atoms with van der Waals surface area (Å²) in [5, 5.41) is 15.4. The van der Waals surface area contributed by atoms with E-state index in [2.05, 4.69) is 10.6 Å². The molecule has 2 amide bonds. The van der Waals surface area contributed by atoms with E-state index in [1.807, 2.05) is 26.0 Å². The second kappa shape index (κ2) is 9.18. The monoisotopic (exact) mass is 362 g/mol. The number of halogens is 1. The lowest BCUT2D eigenvalue weighted by Gasteiger charge is -2.15. The van der Waals surface area contributed by atoms with Gasteiger partial charge < -0.3 is 20.5 Å².